The maximum atomic E-state index is 12.0. The van der Waals surface area contributed by atoms with Gasteiger partial charge in [0.05, 0.1) is 12.7 Å². The van der Waals surface area contributed by atoms with E-state index in [0.29, 0.717) is 16.2 Å². The van der Waals surface area contributed by atoms with Crippen LogP contribution in [0.2, 0.25) is 0 Å². The van der Waals surface area contributed by atoms with Gasteiger partial charge in [-0.25, -0.2) is 0 Å². The summed E-state index contributed by atoms with van der Waals surface area (Å²) in [5, 5.41) is 2.88. The van der Waals surface area contributed by atoms with Crippen LogP contribution in [-0.4, -0.2) is 18.6 Å². The molecule has 0 saturated carbocycles. The number of methoxy groups -OCH3 is 1. The average Bonchev–Trinajstić information content (AvgIpc) is 2.14. The van der Waals surface area contributed by atoms with Crippen molar-refractivity contribution >= 4 is 18.5 Å². The monoisotopic (exact) mass is 239 g/mol. The van der Waals surface area contributed by atoms with Crippen molar-refractivity contribution in [1.82, 2.24) is 5.32 Å². The first-order valence-corrected chi connectivity index (χ1v) is 5.48. The summed E-state index contributed by atoms with van der Waals surface area (Å²) in [6, 6.07) is 5.32. The minimum Gasteiger partial charge on any atom is -0.496 e. The summed E-state index contributed by atoms with van der Waals surface area (Å²) in [4.78, 5) is 12.6. The van der Waals surface area contributed by atoms with Gasteiger partial charge in [0.25, 0.3) is 5.91 Å². The van der Waals surface area contributed by atoms with Crippen molar-refractivity contribution in [3.63, 3.8) is 0 Å². The molecule has 16 heavy (non-hydrogen) atoms. The van der Waals surface area contributed by atoms with Crippen LogP contribution in [0.5, 0.6) is 5.75 Å². The Balaban J connectivity index is 3.08. The van der Waals surface area contributed by atoms with Gasteiger partial charge in [-0.15, -0.1) is 12.6 Å². The average molecular weight is 239 g/mol. The third kappa shape index (κ3) is 3.17. The lowest BCUT2D eigenvalue weighted by Gasteiger charge is -2.21. The number of hydrogen-bond acceptors (Lipinski definition) is 3. The molecule has 1 aromatic carbocycles. The van der Waals surface area contributed by atoms with Crippen molar-refractivity contribution in [3.8, 4) is 5.75 Å². The molecule has 0 fully saturated rings. The SMILES string of the molecule is COc1cccc(S)c1C(=O)NC(C)(C)C. The van der Waals surface area contributed by atoms with Gasteiger partial charge in [0, 0.05) is 10.4 Å². The molecular weight excluding hydrogens is 222 g/mol. The van der Waals surface area contributed by atoms with E-state index in [2.05, 4.69) is 17.9 Å². The number of ether oxygens (including phenoxy) is 1. The summed E-state index contributed by atoms with van der Waals surface area (Å²) in [5.74, 6) is 0.365. The van der Waals surface area contributed by atoms with Crippen LogP contribution in [0.4, 0.5) is 0 Å². The van der Waals surface area contributed by atoms with E-state index < -0.39 is 0 Å². The molecule has 0 aliphatic heterocycles. The summed E-state index contributed by atoms with van der Waals surface area (Å²) in [6.07, 6.45) is 0. The summed E-state index contributed by atoms with van der Waals surface area (Å²) >= 11 is 4.27. The van der Waals surface area contributed by atoms with Crippen molar-refractivity contribution in [2.75, 3.05) is 7.11 Å². The van der Waals surface area contributed by atoms with Gasteiger partial charge < -0.3 is 10.1 Å². The van der Waals surface area contributed by atoms with Crippen molar-refractivity contribution in [1.29, 1.82) is 0 Å². The highest BCUT2D eigenvalue weighted by Crippen LogP contribution is 2.25. The second-order valence-electron chi connectivity index (χ2n) is 4.56. The van der Waals surface area contributed by atoms with Gasteiger partial charge >= 0.3 is 0 Å². The normalized spacial score (nSPS) is 11.1. The van der Waals surface area contributed by atoms with E-state index in [0.717, 1.165) is 0 Å². The Morgan fingerprint density at radius 3 is 2.50 bits per heavy atom. The Kier molecular flexibility index (Phi) is 3.86. The number of benzene rings is 1. The lowest BCUT2D eigenvalue weighted by atomic mass is 10.1. The number of thiol groups is 1. The standard InChI is InChI=1S/C12H17NO2S/c1-12(2,3)13-11(14)10-8(15-4)6-5-7-9(10)16/h5-7,16H,1-4H3,(H,13,14). The van der Waals surface area contributed by atoms with Crippen LogP contribution in [0.3, 0.4) is 0 Å². The Morgan fingerprint density at radius 2 is 2.00 bits per heavy atom. The molecule has 1 aromatic rings. The number of hydrogen-bond donors (Lipinski definition) is 2. The fourth-order valence-electron chi connectivity index (χ4n) is 1.32. The molecular formula is C12H17NO2S. The number of carbonyl (C=O) groups excluding carboxylic acids is 1. The van der Waals surface area contributed by atoms with Crippen molar-refractivity contribution < 1.29 is 9.53 Å². The van der Waals surface area contributed by atoms with Gasteiger partial charge in [-0.1, -0.05) is 6.07 Å². The summed E-state index contributed by atoms with van der Waals surface area (Å²) < 4.78 is 5.15. The van der Waals surface area contributed by atoms with Crippen molar-refractivity contribution in [2.45, 2.75) is 31.2 Å². The largest absolute Gasteiger partial charge is 0.496 e. The molecule has 1 N–H and O–H groups in total. The number of amides is 1. The van der Waals surface area contributed by atoms with Crippen molar-refractivity contribution in [2.24, 2.45) is 0 Å². The molecule has 0 aliphatic rings. The third-order valence-electron chi connectivity index (χ3n) is 1.94. The first-order valence-electron chi connectivity index (χ1n) is 5.03. The van der Waals surface area contributed by atoms with E-state index in [9.17, 15) is 4.79 Å². The molecule has 0 atom stereocenters. The van der Waals surface area contributed by atoms with E-state index in [4.69, 9.17) is 4.74 Å². The zero-order valence-corrected chi connectivity index (χ0v) is 10.9. The highest BCUT2D eigenvalue weighted by molar-refractivity contribution is 7.80. The summed E-state index contributed by atoms with van der Waals surface area (Å²) in [6.45, 7) is 5.79. The number of carbonyl (C=O) groups is 1. The predicted molar refractivity (Wildman–Crippen MR) is 67.5 cm³/mol. The van der Waals surface area contributed by atoms with Gasteiger partial charge in [0.2, 0.25) is 0 Å². The fraction of sp³-hybridized carbons (Fsp3) is 0.417. The molecule has 4 heteroatoms. The second kappa shape index (κ2) is 4.78. The molecule has 1 rings (SSSR count). The minimum absolute atomic E-state index is 0.171. The molecule has 3 nitrogen and oxygen atoms in total. The van der Waals surface area contributed by atoms with Gasteiger partial charge in [0.1, 0.15) is 5.75 Å². The maximum absolute atomic E-state index is 12.0. The van der Waals surface area contributed by atoms with Crippen LogP contribution in [0.1, 0.15) is 31.1 Å². The molecule has 88 valence electrons. The molecule has 0 spiro atoms. The quantitative estimate of drug-likeness (QED) is 0.778. The van der Waals surface area contributed by atoms with E-state index in [-0.39, 0.29) is 11.4 Å². The van der Waals surface area contributed by atoms with Gasteiger partial charge in [-0.3, -0.25) is 4.79 Å². The van der Waals surface area contributed by atoms with Gasteiger partial charge in [0.15, 0.2) is 0 Å². The van der Waals surface area contributed by atoms with Crippen LogP contribution in [-0.2, 0) is 0 Å². The van der Waals surface area contributed by atoms with Crippen molar-refractivity contribution in [3.05, 3.63) is 23.8 Å². The fourth-order valence-corrected chi connectivity index (χ4v) is 1.62. The third-order valence-corrected chi connectivity index (χ3v) is 2.31. The molecule has 0 unspecified atom stereocenters. The Morgan fingerprint density at radius 1 is 1.38 bits per heavy atom. The van der Waals surface area contributed by atoms with Crippen LogP contribution < -0.4 is 10.1 Å². The molecule has 0 heterocycles. The topological polar surface area (TPSA) is 38.3 Å². The number of rotatable bonds is 2. The van der Waals surface area contributed by atoms with Gasteiger partial charge in [-0.2, -0.15) is 0 Å². The highest BCUT2D eigenvalue weighted by atomic mass is 32.1. The zero-order chi connectivity index (χ0) is 12.3. The highest BCUT2D eigenvalue weighted by Gasteiger charge is 2.20. The van der Waals surface area contributed by atoms with Crippen LogP contribution in [0, 0.1) is 0 Å². The molecule has 0 bridgehead atoms. The summed E-state index contributed by atoms with van der Waals surface area (Å²) in [7, 11) is 1.54. The summed E-state index contributed by atoms with van der Waals surface area (Å²) in [5.41, 5.74) is 0.196. The first kappa shape index (κ1) is 12.9. The smallest absolute Gasteiger partial charge is 0.256 e. The molecule has 0 radical (unpaired) electrons. The van der Waals surface area contributed by atoms with E-state index in [1.165, 1.54) is 7.11 Å². The van der Waals surface area contributed by atoms with Crippen LogP contribution >= 0.6 is 12.6 Å². The first-order chi connectivity index (χ1) is 7.35. The lowest BCUT2D eigenvalue weighted by molar-refractivity contribution is 0.0913. The van der Waals surface area contributed by atoms with Crippen LogP contribution in [0.25, 0.3) is 0 Å². The predicted octanol–water partition coefficient (Wildman–Crippen LogP) is 2.51. The Labute approximate surface area is 102 Å². The molecule has 0 saturated heterocycles. The van der Waals surface area contributed by atoms with E-state index in [1.54, 1.807) is 18.2 Å². The zero-order valence-electron chi connectivity index (χ0n) is 10.00. The lowest BCUT2D eigenvalue weighted by Crippen LogP contribution is -2.40. The van der Waals surface area contributed by atoms with E-state index >= 15 is 0 Å². The van der Waals surface area contributed by atoms with E-state index in [1.807, 2.05) is 20.8 Å². The molecule has 1 amide bonds. The Hall–Kier alpha value is -1.16. The maximum Gasteiger partial charge on any atom is 0.256 e. The molecule has 0 aromatic heterocycles. The van der Waals surface area contributed by atoms with Gasteiger partial charge in [-0.05, 0) is 32.9 Å². The minimum atomic E-state index is -0.280. The second-order valence-corrected chi connectivity index (χ2v) is 5.04. The Bertz CT molecular complexity index is 396. The number of nitrogens with one attached hydrogen (secondary N) is 1. The van der Waals surface area contributed by atoms with Crippen LogP contribution in [0.15, 0.2) is 23.1 Å². The molecule has 0 aliphatic carbocycles.